The third kappa shape index (κ3) is 4.91. The van der Waals surface area contributed by atoms with Gasteiger partial charge in [0.25, 0.3) is 5.91 Å². The van der Waals surface area contributed by atoms with Gasteiger partial charge < -0.3 is 10.1 Å². The predicted octanol–water partition coefficient (Wildman–Crippen LogP) is 2.95. The van der Waals surface area contributed by atoms with Crippen LogP contribution in [0.1, 0.15) is 26.3 Å². The van der Waals surface area contributed by atoms with Crippen LogP contribution in [0.5, 0.6) is 0 Å². The van der Waals surface area contributed by atoms with E-state index in [4.69, 9.17) is 4.74 Å². The van der Waals surface area contributed by atoms with Crippen molar-refractivity contribution in [2.45, 2.75) is 26.8 Å². The minimum Gasteiger partial charge on any atom is -0.452 e. The average molecular weight is 326 g/mol. The predicted molar refractivity (Wildman–Crippen MR) is 94.2 cm³/mol. The number of para-hydroxylation sites is 1. The number of benzene rings is 1. The highest BCUT2D eigenvalue weighted by Gasteiger charge is 2.11. The molecule has 0 aliphatic carbocycles. The molecular formula is C19H22N2O3. The molecule has 1 heterocycles. The third-order valence-corrected chi connectivity index (χ3v) is 3.80. The molecule has 0 unspecified atom stereocenters. The maximum atomic E-state index is 11.8. The number of nitrogens with zero attached hydrogens (tertiary/aromatic N) is 1. The molecular weight excluding hydrogens is 304 g/mol. The number of fused-ring (bicyclic) bond motifs is 1. The van der Waals surface area contributed by atoms with Gasteiger partial charge >= 0.3 is 5.97 Å². The summed E-state index contributed by atoms with van der Waals surface area (Å²) in [6, 6.07) is 9.58. The number of hydrogen-bond donors (Lipinski definition) is 1. The van der Waals surface area contributed by atoms with E-state index in [2.05, 4.69) is 10.3 Å². The molecule has 0 saturated carbocycles. The van der Waals surface area contributed by atoms with Gasteiger partial charge in [0.2, 0.25) is 0 Å². The quantitative estimate of drug-likeness (QED) is 0.654. The monoisotopic (exact) mass is 326 g/mol. The fourth-order valence-electron chi connectivity index (χ4n) is 2.07. The van der Waals surface area contributed by atoms with Crippen molar-refractivity contribution in [2.75, 3.05) is 6.61 Å². The summed E-state index contributed by atoms with van der Waals surface area (Å²) >= 11 is 0. The summed E-state index contributed by atoms with van der Waals surface area (Å²) in [5.41, 5.74) is 1.63. The molecule has 1 aromatic heterocycles. The Morgan fingerprint density at radius 2 is 1.96 bits per heavy atom. The number of amides is 1. The van der Waals surface area contributed by atoms with Gasteiger partial charge in [-0.2, -0.15) is 0 Å². The molecule has 2 rings (SSSR count). The van der Waals surface area contributed by atoms with Crippen LogP contribution in [-0.4, -0.2) is 29.5 Å². The SMILES string of the molecule is CC(C)[C@@H](C)NC(=O)COC(=O)/C=C/c1cccc2cccnc12. The number of pyridine rings is 1. The van der Waals surface area contributed by atoms with Crippen molar-refractivity contribution < 1.29 is 14.3 Å². The van der Waals surface area contributed by atoms with Gasteiger partial charge in [0.15, 0.2) is 6.61 Å². The minimum atomic E-state index is -0.560. The van der Waals surface area contributed by atoms with E-state index in [0.717, 1.165) is 16.5 Å². The van der Waals surface area contributed by atoms with Crippen molar-refractivity contribution >= 4 is 28.9 Å². The van der Waals surface area contributed by atoms with E-state index in [1.807, 2.05) is 51.1 Å². The van der Waals surface area contributed by atoms with Crippen LogP contribution in [0.2, 0.25) is 0 Å². The Bertz CT molecular complexity index is 748. The van der Waals surface area contributed by atoms with E-state index in [9.17, 15) is 9.59 Å². The number of carbonyl (C=O) groups is 2. The second kappa shape index (κ2) is 8.24. The molecule has 0 bridgehead atoms. The zero-order valence-electron chi connectivity index (χ0n) is 14.2. The number of rotatable bonds is 6. The van der Waals surface area contributed by atoms with Crippen LogP contribution >= 0.6 is 0 Å². The Balaban J connectivity index is 1.92. The second-order valence-corrected chi connectivity index (χ2v) is 5.96. The smallest absolute Gasteiger partial charge is 0.331 e. The number of esters is 1. The lowest BCUT2D eigenvalue weighted by Crippen LogP contribution is -2.38. The molecule has 2 aromatic rings. The summed E-state index contributed by atoms with van der Waals surface area (Å²) in [6.45, 7) is 5.65. The molecule has 0 aliphatic rings. The lowest BCUT2D eigenvalue weighted by Gasteiger charge is -2.16. The van der Waals surface area contributed by atoms with Crippen LogP contribution in [0.4, 0.5) is 0 Å². The Morgan fingerprint density at radius 1 is 1.21 bits per heavy atom. The van der Waals surface area contributed by atoms with Crippen molar-refractivity contribution in [3.8, 4) is 0 Å². The molecule has 1 aromatic carbocycles. The largest absolute Gasteiger partial charge is 0.452 e. The van der Waals surface area contributed by atoms with Crippen LogP contribution in [0, 0.1) is 5.92 Å². The standard InChI is InChI=1S/C19H22N2O3/c1-13(2)14(3)21-17(22)12-24-18(23)10-9-16-7-4-6-15-8-5-11-20-19(15)16/h4-11,13-14H,12H2,1-3H3,(H,21,22)/b10-9+/t14-/m1/s1. The molecule has 1 amide bonds. The maximum absolute atomic E-state index is 11.8. The molecule has 0 saturated heterocycles. The van der Waals surface area contributed by atoms with E-state index in [0.29, 0.717) is 5.92 Å². The van der Waals surface area contributed by atoms with Gasteiger partial charge in [-0.05, 0) is 25.0 Å². The van der Waals surface area contributed by atoms with Crippen molar-refractivity contribution in [3.63, 3.8) is 0 Å². The van der Waals surface area contributed by atoms with E-state index in [1.54, 1.807) is 12.3 Å². The number of aromatic nitrogens is 1. The molecule has 5 nitrogen and oxygen atoms in total. The van der Waals surface area contributed by atoms with Gasteiger partial charge in [0, 0.05) is 29.3 Å². The summed E-state index contributed by atoms with van der Waals surface area (Å²) in [4.78, 5) is 27.8. The maximum Gasteiger partial charge on any atom is 0.331 e. The van der Waals surface area contributed by atoms with Crippen LogP contribution in [0.3, 0.4) is 0 Å². The highest BCUT2D eigenvalue weighted by molar-refractivity contribution is 5.93. The first-order valence-electron chi connectivity index (χ1n) is 7.95. The van der Waals surface area contributed by atoms with E-state index < -0.39 is 5.97 Å². The topological polar surface area (TPSA) is 68.3 Å². The lowest BCUT2D eigenvalue weighted by atomic mass is 10.1. The number of ether oxygens (including phenoxy) is 1. The first-order chi connectivity index (χ1) is 11.5. The van der Waals surface area contributed by atoms with Crippen molar-refractivity contribution in [2.24, 2.45) is 5.92 Å². The zero-order valence-corrected chi connectivity index (χ0v) is 14.2. The van der Waals surface area contributed by atoms with Crippen LogP contribution in [0.25, 0.3) is 17.0 Å². The molecule has 1 N–H and O–H groups in total. The van der Waals surface area contributed by atoms with Gasteiger partial charge in [-0.15, -0.1) is 0 Å². The molecule has 0 aliphatic heterocycles. The van der Waals surface area contributed by atoms with Crippen LogP contribution < -0.4 is 5.32 Å². The van der Waals surface area contributed by atoms with Gasteiger partial charge in [0.05, 0.1) is 5.52 Å². The summed E-state index contributed by atoms with van der Waals surface area (Å²) in [6.07, 6.45) is 4.66. The number of carbonyl (C=O) groups excluding carboxylic acids is 2. The molecule has 0 radical (unpaired) electrons. The first-order valence-corrected chi connectivity index (χ1v) is 7.95. The second-order valence-electron chi connectivity index (χ2n) is 5.96. The summed E-state index contributed by atoms with van der Waals surface area (Å²) in [5.74, 6) is -0.538. The molecule has 24 heavy (non-hydrogen) atoms. The summed E-state index contributed by atoms with van der Waals surface area (Å²) < 4.78 is 4.96. The molecule has 1 atom stereocenters. The first kappa shape index (κ1) is 17.7. The van der Waals surface area contributed by atoms with Crippen LogP contribution in [0.15, 0.2) is 42.6 Å². The van der Waals surface area contributed by atoms with Crippen LogP contribution in [-0.2, 0) is 14.3 Å². The highest BCUT2D eigenvalue weighted by atomic mass is 16.5. The Kier molecular flexibility index (Phi) is 6.07. The molecule has 0 fully saturated rings. The Labute approximate surface area is 141 Å². The van der Waals surface area contributed by atoms with Gasteiger partial charge in [0.1, 0.15) is 0 Å². The molecule has 126 valence electrons. The third-order valence-electron chi connectivity index (χ3n) is 3.80. The Hall–Kier alpha value is -2.69. The minimum absolute atomic E-state index is 0.0356. The number of nitrogens with one attached hydrogen (secondary N) is 1. The zero-order chi connectivity index (χ0) is 17.5. The summed E-state index contributed by atoms with van der Waals surface area (Å²) in [7, 11) is 0. The fourth-order valence-corrected chi connectivity index (χ4v) is 2.07. The number of hydrogen-bond acceptors (Lipinski definition) is 4. The van der Waals surface area contributed by atoms with Gasteiger partial charge in [-0.1, -0.05) is 38.1 Å². The fraction of sp³-hybridized carbons (Fsp3) is 0.316. The van der Waals surface area contributed by atoms with Crippen molar-refractivity contribution in [3.05, 3.63) is 48.2 Å². The molecule has 5 heteroatoms. The normalized spacial score (nSPS) is 12.5. The average Bonchev–Trinajstić information content (AvgIpc) is 2.57. The molecule has 0 spiro atoms. The van der Waals surface area contributed by atoms with E-state index in [1.165, 1.54) is 6.08 Å². The van der Waals surface area contributed by atoms with Crippen molar-refractivity contribution in [1.82, 2.24) is 10.3 Å². The van der Waals surface area contributed by atoms with Gasteiger partial charge in [-0.25, -0.2) is 4.79 Å². The van der Waals surface area contributed by atoms with E-state index in [-0.39, 0.29) is 18.6 Å². The Morgan fingerprint density at radius 3 is 2.71 bits per heavy atom. The van der Waals surface area contributed by atoms with Crippen molar-refractivity contribution in [1.29, 1.82) is 0 Å². The highest BCUT2D eigenvalue weighted by Crippen LogP contribution is 2.17. The van der Waals surface area contributed by atoms with E-state index >= 15 is 0 Å². The summed E-state index contributed by atoms with van der Waals surface area (Å²) in [5, 5.41) is 3.78. The van der Waals surface area contributed by atoms with Gasteiger partial charge in [-0.3, -0.25) is 9.78 Å². The lowest BCUT2D eigenvalue weighted by molar-refractivity contribution is -0.144.